The van der Waals surface area contributed by atoms with Crippen molar-refractivity contribution in [2.75, 3.05) is 16.8 Å². The molecule has 1 aromatic carbocycles. The molecule has 1 saturated heterocycles. The van der Waals surface area contributed by atoms with Gasteiger partial charge in [-0.2, -0.15) is 0 Å². The minimum Gasteiger partial charge on any atom is -0.454 e. The SMILES string of the molecule is CC(=O)Nc1ccc(C(=O)[C@H](C)OC(=O)C[C@@H]2CCS(=O)(=O)C2)cc1. The van der Waals surface area contributed by atoms with Gasteiger partial charge in [0.05, 0.1) is 11.5 Å². The Morgan fingerprint density at radius 1 is 1.24 bits per heavy atom. The molecule has 0 aromatic heterocycles. The van der Waals surface area contributed by atoms with E-state index in [9.17, 15) is 22.8 Å². The second-order valence-electron chi connectivity index (χ2n) is 6.23. The third kappa shape index (κ3) is 5.67. The zero-order valence-corrected chi connectivity index (χ0v) is 15.0. The van der Waals surface area contributed by atoms with Crippen molar-refractivity contribution >= 4 is 33.2 Å². The standard InChI is InChI=1S/C17H21NO6S/c1-11(24-16(20)9-13-7-8-25(22,23)10-13)17(21)14-3-5-15(6-4-14)18-12(2)19/h3-6,11,13H,7-10H2,1-2H3,(H,18,19)/t11-,13-/m0/s1. The van der Waals surface area contributed by atoms with Gasteiger partial charge >= 0.3 is 5.97 Å². The van der Waals surface area contributed by atoms with Crippen molar-refractivity contribution in [2.24, 2.45) is 5.92 Å². The van der Waals surface area contributed by atoms with Crippen LogP contribution >= 0.6 is 0 Å². The monoisotopic (exact) mass is 367 g/mol. The van der Waals surface area contributed by atoms with Crippen LogP contribution in [0.4, 0.5) is 5.69 Å². The van der Waals surface area contributed by atoms with Crippen LogP contribution in [-0.4, -0.2) is 43.7 Å². The molecule has 0 spiro atoms. The normalized spacial score (nSPS) is 19.8. The molecule has 1 amide bonds. The Morgan fingerprint density at radius 2 is 1.88 bits per heavy atom. The minimum atomic E-state index is -3.05. The maximum Gasteiger partial charge on any atom is 0.306 e. The Bertz CT molecular complexity index is 769. The van der Waals surface area contributed by atoms with Gasteiger partial charge in [-0.25, -0.2) is 8.42 Å². The lowest BCUT2D eigenvalue weighted by molar-refractivity contribution is -0.147. The predicted molar refractivity (Wildman–Crippen MR) is 92.0 cm³/mol. The van der Waals surface area contributed by atoms with Crippen molar-refractivity contribution in [3.63, 3.8) is 0 Å². The van der Waals surface area contributed by atoms with E-state index in [1.165, 1.54) is 13.8 Å². The number of nitrogens with one attached hydrogen (secondary N) is 1. The molecule has 136 valence electrons. The highest BCUT2D eigenvalue weighted by Crippen LogP contribution is 2.22. The summed E-state index contributed by atoms with van der Waals surface area (Å²) in [7, 11) is -3.05. The van der Waals surface area contributed by atoms with Gasteiger partial charge in [0.2, 0.25) is 11.7 Å². The number of benzene rings is 1. The minimum absolute atomic E-state index is 0.00167. The molecular formula is C17H21NO6S. The zero-order chi connectivity index (χ0) is 18.6. The first-order valence-electron chi connectivity index (χ1n) is 7.98. The Kier molecular flexibility index (Phi) is 5.94. The Morgan fingerprint density at radius 3 is 2.40 bits per heavy atom. The number of carbonyl (C=O) groups is 3. The van der Waals surface area contributed by atoms with Crippen LogP contribution in [0.3, 0.4) is 0 Å². The molecule has 1 N–H and O–H groups in total. The van der Waals surface area contributed by atoms with Gasteiger partial charge in [0, 0.05) is 24.6 Å². The third-order valence-corrected chi connectivity index (χ3v) is 5.79. The lowest BCUT2D eigenvalue weighted by atomic mass is 10.0. The van der Waals surface area contributed by atoms with E-state index in [0.717, 1.165) is 0 Å². The van der Waals surface area contributed by atoms with Gasteiger partial charge in [0.1, 0.15) is 0 Å². The van der Waals surface area contributed by atoms with Crippen molar-refractivity contribution < 1.29 is 27.5 Å². The van der Waals surface area contributed by atoms with Crippen molar-refractivity contribution in [3.05, 3.63) is 29.8 Å². The molecule has 0 saturated carbocycles. The molecule has 0 unspecified atom stereocenters. The first-order valence-corrected chi connectivity index (χ1v) is 9.80. The van der Waals surface area contributed by atoms with Gasteiger partial charge in [-0.15, -0.1) is 0 Å². The molecule has 7 nitrogen and oxygen atoms in total. The Hall–Kier alpha value is -2.22. The fourth-order valence-corrected chi connectivity index (χ4v) is 4.59. The van der Waals surface area contributed by atoms with E-state index >= 15 is 0 Å². The van der Waals surface area contributed by atoms with E-state index in [-0.39, 0.29) is 35.5 Å². The van der Waals surface area contributed by atoms with E-state index in [4.69, 9.17) is 4.74 Å². The molecule has 0 radical (unpaired) electrons. The molecule has 0 bridgehead atoms. The summed E-state index contributed by atoms with van der Waals surface area (Å²) in [5.74, 6) is -1.29. The average Bonchev–Trinajstić information content (AvgIpc) is 2.85. The number of sulfone groups is 1. The number of ether oxygens (including phenoxy) is 1. The van der Waals surface area contributed by atoms with E-state index in [0.29, 0.717) is 17.7 Å². The molecule has 1 aliphatic rings. The number of rotatable bonds is 6. The van der Waals surface area contributed by atoms with Gasteiger partial charge in [-0.1, -0.05) is 0 Å². The van der Waals surface area contributed by atoms with Gasteiger partial charge in [0.25, 0.3) is 0 Å². The van der Waals surface area contributed by atoms with Gasteiger partial charge in [-0.3, -0.25) is 14.4 Å². The van der Waals surface area contributed by atoms with Crippen LogP contribution in [0.5, 0.6) is 0 Å². The highest BCUT2D eigenvalue weighted by molar-refractivity contribution is 7.91. The summed E-state index contributed by atoms with van der Waals surface area (Å²) < 4.78 is 27.9. The lowest BCUT2D eigenvalue weighted by Gasteiger charge is -2.14. The summed E-state index contributed by atoms with van der Waals surface area (Å²) in [6.45, 7) is 2.86. The smallest absolute Gasteiger partial charge is 0.306 e. The zero-order valence-electron chi connectivity index (χ0n) is 14.2. The summed E-state index contributed by atoms with van der Waals surface area (Å²) in [5, 5.41) is 2.59. The molecule has 1 aliphatic heterocycles. The number of anilines is 1. The summed E-state index contributed by atoms with van der Waals surface area (Å²) in [6, 6.07) is 6.27. The first-order chi connectivity index (χ1) is 11.7. The number of Topliss-reactive ketones (excluding diaryl/α,β-unsaturated/α-hetero) is 1. The molecule has 1 heterocycles. The molecular weight excluding hydrogens is 346 g/mol. The van der Waals surface area contributed by atoms with Crippen LogP contribution in [0.1, 0.15) is 37.0 Å². The van der Waals surface area contributed by atoms with Gasteiger partial charge in [-0.05, 0) is 43.5 Å². The summed E-state index contributed by atoms with van der Waals surface area (Å²) >= 11 is 0. The Labute approximate surface area is 146 Å². The van der Waals surface area contributed by atoms with Crippen LogP contribution in [0.15, 0.2) is 24.3 Å². The van der Waals surface area contributed by atoms with Crippen LogP contribution < -0.4 is 5.32 Å². The van der Waals surface area contributed by atoms with Crippen molar-refractivity contribution in [3.8, 4) is 0 Å². The van der Waals surface area contributed by atoms with E-state index in [1.807, 2.05) is 0 Å². The third-order valence-electron chi connectivity index (χ3n) is 3.95. The molecule has 1 fully saturated rings. The van der Waals surface area contributed by atoms with Crippen LogP contribution in [-0.2, 0) is 24.2 Å². The molecule has 8 heteroatoms. The molecule has 2 atom stereocenters. The number of esters is 1. The van der Waals surface area contributed by atoms with Crippen molar-refractivity contribution in [1.29, 1.82) is 0 Å². The fourth-order valence-electron chi connectivity index (χ4n) is 2.72. The largest absolute Gasteiger partial charge is 0.454 e. The summed E-state index contributed by atoms with van der Waals surface area (Å²) in [6.07, 6.45) is -0.514. The topological polar surface area (TPSA) is 107 Å². The van der Waals surface area contributed by atoms with Crippen LogP contribution in [0.2, 0.25) is 0 Å². The number of carbonyl (C=O) groups excluding carboxylic acids is 3. The number of ketones is 1. The maximum absolute atomic E-state index is 12.3. The van der Waals surface area contributed by atoms with Crippen molar-refractivity contribution in [2.45, 2.75) is 32.8 Å². The highest BCUT2D eigenvalue weighted by atomic mass is 32.2. The molecule has 2 rings (SSSR count). The Balaban J connectivity index is 1.89. The molecule has 0 aliphatic carbocycles. The number of hydrogen-bond acceptors (Lipinski definition) is 6. The van der Waals surface area contributed by atoms with Crippen LogP contribution in [0.25, 0.3) is 0 Å². The summed E-state index contributed by atoms with van der Waals surface area (Å²) in [5.41, 5.74) is 0.925. The predicted octanol–water partition coefficient (Wildman–Crippen LogP) is 1.58. The van der Waals surface area contributed by atoms with E-state index < -0.39 is 21.9 Å². The molecule has 25 heavy (non-hydrogen) atoms. The highest BCUT2D eigenvalue weighted by Gasteiger charge is 2.30. The van der Waals surface area contributed by atoms with Gasteiger partial charge in [0.15, 0.2) is 15.9 Å². The second kappa shape index (κ2) is 7.77. The average molecular weight is 367 g/mol. The maximum atomic E-state index is 12.3. The van der Waals surface area contributed by atoms with E-state index in [2.05, 4.69) is 5.32 Å². The second-order valence-corrected chi connectivity index (χ2v) is 8.46. The quantitative estimate of drug-likeness (QED) is 0.604. The fraction of sp³-hybridized carbons (Fsp3) is 0.471. The molecule has 1 aromatic rings. The number of hydrogen-bond donors (Lipinski definition) is 1. The van der Waals surface area contributed by atoms with Crippen LogP contribution in [0, 0.1) is 5.92 Å². The first kappa shape index (κ1) is 19.1. The van der Waals surface area contributed by atoms with Gasteiger partial charge < -0.3 is 10.1 Å². The summed E-state index contributed by atoms with van der Waals surface area (Å²) in [4.78, 5) is 35.2. The lowest BCUT2D eigenvalue weighted by Crippen LogP contribution is -2.25. The number of amides is 1. The van der Waals surface area contributed by atoms with E-state index in [1.54, 1.807) is 24.3 Å². The van der Waals surface area contributed by atoms with Crippen molar-refractivity contribution in [1.82, 2.24) is 0 Å².